The number of hydrogen-bond acceptors (Lipinski definition) is 4. The number of nitrogens with zero attached hydrogens (tertiary/aromatic N) is 2. The van der Waals surface area contributed by atoms with Crippen molar-refractivity contribution in [2.75, 3.05) is 46.9 Å². The minimum absolute atomic E-state index is 0. The average molecular weight is 535 g/mol. The van der Waals surface area contributed by atoms with Crippen LogP contribution in [0.1, 0.15) is 43.4 Å². The number of aliphatic imine (C=N–C) groups is 1. The highest BCUT2D eigenvalue weighted by Crippen LogP contribution is 2.41. The third-order valence-electron chi connectivity index (χ3n) is 5.90. The Morgan fingerprint density at radius 2 is 2.10 bits per heavy atom. The Labute approximate surface area is 195 Å². The standard InChI is InChI=1S/C21H34N4O2S.HI/c1-25(2)19(26)14-23-20(22-13-17-8-11-27-15-17)24-16-21(9-4-3-5-10-21)18-7-6-12-28-18;/h6-7,12,17H,3-5,8-11,13-16H2,1-2H3,(H2,22,23,24);1H. The number of amides is 1. The van der Waals surface area contributed by atoms with E-state index in [0.717, 1.165) is 38.7 Å². The van der Waals surface area contributed by atoms with Crippen LogP contribution in [0.3, 0.4) is 0 Å². The van der Waals surface area contributed by atoms with Crippen LogP contribution in [0, 0.1) is 5.92 Å². The van der Waals surface area contributed by atoms with Crippen molar-refractivity contribution in [2.24, 2.45) is 10.9 Å². The van der Waals surface area contributed by atoms with Crippen LogP contribution in [0.15, 0.2) is 22.5 Å². The van der Waals surface area contributed by atoms with Crippen LogP contribution in [0.2, 0.25) is 0 Å². The molecule has 2 fully saturated rings. The molecule has 3 rings (SSSR count). The fourth-order valence-corrected chi connectivity index (χ4v) is 5.01. The Balaban J connectivity index is 0.00000300. The van der Waals surface area contributed by atoms with Gasteiger partial charge in [0.1, 0.15) is 6.54 Å². The first-order chi connectivity index (χ1) is 13.6. The summed E-state index contributed by atoms with van der Waals surface area (Å²) in [6.07, 6.45) is 7.37. The zero-order chi connectivity index (χ0) is 19.8. The number of guanidine groups is 1. The van der Waals surface area contributed by atoms with Gasteiger partial charge in [-0.1, -0.05) is 25.3 Å². The molecule has 1 unspecified atom stereocenters. The Morgan fingerprint density at radius 1 is 1.31 bits per heavy atom. The molecule has 0 bridgehead atoms. The van der Waals surface area contributed by atoms with Crippen LogP contribution in [0.5, 0.6) is 0 Å². The van der Waals surface area contributed by atoms with Crippen LogP contribution in [0.25, 0.3) is 0 Å². The summed E-state index contributed by atoms with van der Waals surface area (Å²) in [4.78, 5) is 19.6. The van der Waals surface area contributed by atoms with E-state index in [4.69, 9.17) is 4.74 Å². The van der Waals surface area contributed by atoms with E-state index in [1.54, 1.807) is 19.0 Å². The number of thiophene rings is 1. The van der Waals surface area contributed by atoms with Crippen molar-refractivity contribution >= 4 is 47.2 Å². The van der Waals surface area contributed by atoms with E-state index in [0.29, 0.717) is 5.92 Å². The van der Waals surface area contributed by atoms with Gasteiger partial charge in [-0.2, -0.15) is 0 Å². The Morgan fingerprint density at radius 3 is 2.72 bits per heavy atom. The highest BCUT2D eigenvalue weighted by atomic mass is 127. The molecule has 1 amide bonds. The van der Waals surface area contributed by atoms with Crippen LogP contribution < -0.4 is 10.6 Å². The number of hydrogen-bond donors (Lipinski definition) is 2. The quantitative estimate of drug-likeness (QED) is 0.321. The van der Waals surface area contributed by atoms with Crippen molar-refractivity contribution in [1.29, 1.82) is 0 Å². The Kier molecular flexibility index (Phi) is 10.2. The minimum atomic E-state index is 0. The number of halogens is 1. The van der Waals surface area contributed by atoms with E-state index in [2.05, 4.69) is 33.1 Å². The molecule has 0 radical (unpaired) electrons. The molecule has 1 aliphatic heterocycles. The predicted octanol–water partition coefficient (Wildman–Crippen LogP) is 3.23. The number of rotatable bonds is 7. The lowest BCUT2D eigenvalue weighted by Crippen LogP contribution is -2.47. The minimum Gasteiger partial charge on any atom is -0.381 e. The van der Waals surface area contributed by atoms with Gasteiger partial charge >= 0.3 is 0 Å². The summed E-state index contributed by atoms with van der Waals surface area (Å²) in [5.74, 6) is 1.26. The number of carbonyl (C=O) groups is 1. The number of nitrogens with one attached hydrogen (secondary N) is 2. The summed E-state index contributed by atoms with van der Waals surface area (Å²) in [6.45, 7) is 3.49. The molecule has 0 spiro atoms. The molecule has 1 aromatic rings. The second-order valence-electron chi connectivity index (χ2n) is 8.24. The van der Waals surface area contributed by atoms with Crippen molar-refractivity contribution < 1.29 is 9.53 Å². The van der Waals surface area contributed by atoms with E-state index >= 15 is 0 Å². The van der Waals surface area contributed by atoms with Crippen molar-refractivity contribution in [1.82, 2.24) is 15.5 Å². The summed E-state index contributed by atoms with van der Waals surface area (Å²) in [5, 5.41) is 9.20. The first-order valence-electron chi connectivity index (χ1n) is 10.4. The lowest BCUT2D eigenvalue weighted by atomic mass is 9.73. The zero-order valence-electron chi connectivity index (χ0n) is 17.6. The molecule has 1 aromatic heterocycles. The summed E-state index contributed by atoms with van der Waals surface area (Å²) >= 11 is 1.86. The highest BCUT2D eigenvalue weighted by Gasteiger charge is 2.35. The van der Waals surface area contributed by atoms with Gasteiger partial charge in [0.05, 0.1) is 6.61 Å². The second kappa shape index (κ2) is 12.1. The average Bonchev–Trinajstić information content (AvgIpc) is 3.42. The normalized spacial score (nSPS) is 21.3. The third-order valence-corrected chi connectivity index (χ3v) is 7.02. The molecular formula is C21H35IN4O2S. The second-order valence-corrected chi connectivity index (χ2v) is 9.18. The molecule has 1 aliphatic carbocycles. The Hall–Kier alpha value is -0.870. The molecule has 2 N–H and O–H groups in total. The maximum absolute atomic E-state index is 12.0. The first-order valence-corrected chi connectivity index (χ1v) is 11.3. The summed E-state index contributed by atoms with van der Waals surface area (Å²) < 4.78 is 5.48. The third kappa shape index (κ3) is 7.10. The maximum atomic E-state index is 12.0. The van der Waals surface area contributed by atoms with E-state index in [9.17, 15) is 4.79 Å². The zero-order valence-corrected chi connectivity index (χ0v) is 20.8. The van der Waals surface area contributed by atoms with Gasteiger partial charge in [-0.05, 0) is 30.7 Å². The molecular weight excluding hydrogens is 499 g/mol. The monoisotopic (exact) mass is 534 g/mol. The fourth-order valence-electron chi connectivity index (χ4n) is 4.02. The van der Waals surface area contributed by atoms with Crippen molar-refractivity contribution in [2.45, 2.75) is 43.9 Å². The number of carbonyl (C=O) groups excluding carboxylic acids is 1. The molecule has 8 heteroatoms. The largest absolute Gasteiger partial charge is 0.381 e. The predicted molar refractivity (Wildman–Crippen MR) is 130 cm³/mol. The first kappa shape index (κ1) is 24.4. The van der Waals surface area contributed by atoms with Gasteiger partial charge in [0.15, 0.2) is 5.96 Å². The molecule has 29 heavy (non-hydrogen) atoms. The Bertz CT molecular complexity index is 639. The van der Waals surface area contributed by atoms with Gasteiger partial charge in [0.2, 0.25) is 5.91 Å². The van der Waals surface area contributed by atoms with Crippen LogP contribution in [-0.4, -0.2) is 63.7 Å². The highest BCUT2D eigenvalue weighted by molar-refractivity contribution is 14.0. The number of likely N-dealkylation sites (N-methyl/N-ethyl adjacent to an activating group) is 1. The van der Waals surface area contributed by atoms with E-state index in [1.807, 2.05) is 11.3 Å². The molecule has 0 aromatic carbocycles. The van der Waals surface area contributed by atoms with Gasteiger partial charge in [0.25, 0.3) is 0 Å². The fraction of sp³-hybridized carbons (Fsp3) is 0.714. The SMILES string of the molecule is CN(C)C(=O)CN=C(NCC1CCOC1)NCC1(c2cccs2)CCCCC1.I. The van der Waals surface area contributed by atoms with Crippen molar-refractivity contribution in [3.63, 3.8) is 0 Å². The molecule has 2 heterocycles. The van der Waals surface area contributed by atoms with E-state index in [-0.39, 0.29) is 41.8 Å². The van der Waals surface area contributed by atoms with Crippen LogP contribution >= 0.6 is 35.3 Å². The molecule has 1 saturated carbocycles. The molecule has 1 atom stereocenters. The lowest BCUT2D eigenvalue weighted by molar-refractivity contribution is -0.127. The van der Waals surface area contributed by atoms with E-state index in [1.165, 1.54) is 37.0 Å². The molecule has 164 valence electrons. The van der Waals surface area contributed by atoms with Crippen LogP contribution in [0.4, 0.5) is 0 Å². The summed E-state index contributed by atoms with van der Waals surface area (Å²) in [5.41, 5.74) is 0.177. The summed E-state index contributed by atoms with van der Waals surface area (Å²) in [6, 6.07) is 4.42. The van der Waals surface area contributed by atoms with E-state index < -0.39 is 0 Å². The lowest BCUT2D eigenvalue weighted by Gasteiger charge is -2.37. The van der Waals surface area contributed by atoms with Gasteiger partial charge in [-0.3, -0.25) is 4.79 Å². The molecule has 6 nitrogen and oxygen atoms in total. The molecule has 1 saturated heterocycles. The van der Waals surface area contributed by atoms with Gasteiger partial charge in [0, 0.05) is 50.0 Å². The maximum Gasteiger partial charge on any atom is 0.243 e. The van der Waals surface area contributed by atoms with Gasteiger partial charge in [-0.25, -0.2) is 4.99 Å². The van der Waals surface area contributed by atoms with Gasteiger partial charge < -0.3 is 20.3 Å². The molecule has 2 aliphatic rings. The van der Waals surface area contributed by atoms with Crippen molar-refractivity contribution in [3.8, 4) is 0 Å². The van der Waals surface area contributed by atoms with Gasteiger partial charge in [-0.15, -0.1) is 35.3 Å². The number of ether oxygens (including phenoxy) is 1. The topological polar surface area (TPSA) is 66.0 Å². The summed E-state index contributed by atoms with van der Waals surface area (Å²) in [7, 11) is 3.53. The smallest absolute Gasteiger partial charge is 0.243 e. The van der Waals surface area contributed by atoms with Crippen LogP contribution in [-0.2, 0) is 14.9 Å². The van der Waals surface area contributed by atoms with Crippen molar-refractivity contribution in [3.05, 3.63) is 22.4 Å².